The number of aliphatic carboxylic acids is 1. The molecule has 84 valence electrons. The molecule has 1 saturated carbocycles. The average Bonchev–Trinajstić information content (AvgIpc) is 2.98. The Balaban J connectivity index is 2.46. The van der Waals surface area contributed by atoms with Crippen molar-refractivity contribution < 1.29 is 14.7 Å². The Hall–Kier alpha value is -1.06. The molecule has 0 unspecified atom stereocenters. The summed E-state index contributed by atoms with van der Waals surface area (Å²) in [5.41, 5.74) is -0.567. The lowest BCUT2D eigenvalue weighted by Crippen LogP contribution is -2.22. The Morgan fingerprint density at radius 1 is 1.44 bits per heavy atom. The lowest BCUT2D eigenvalue weighted by molar-refractivity contribution is -0.141. The minimum absolute atomic E-state index is 0.302. The van der Waals surface area contributed by atoms with Crippen LogP contribution in [0.5, 0.6) is 0 Å². The first-order chi connectivity index (χ1) is 7.52. The van der Waals surface area contributed by atoms with Gasteiger partial charge in [0.2, 0.25) is 0 Å². The first-order valence-corrected chi connectivity index (χ1v) is 5.42. The molecule has 2 atom stereocenters. The minimum atomic E-state index is -1.10. The van der Waals surface area contributed by atoms with Crippen LogP contribution in [0.3, 0.4) is 0 Å². The number of rotatable bonds is 3. The number of benzene rings is 1. The van der Waals surface area contributed by atoms with E-state index in [1.54, 1.807) is 12.1 Å². The summed E-state index contributed by atoms with van der Waals surface area (Å²) in [6, 6.07) is 4.66. The molecular formula is C11H8Cl2O3. The summed E-state index contributed by atoms with van der Waals surface area (Å²) in [4.78, 5) is 21.9. The molecule has 3 nitrogen and oxygen atoms in total. The summed E-state index contributed by atoms with van der Waals surface area (Å²) in [6.07, 6.45) is 1.00. The van der Waals surface area contributed by atoms with Gasteiger partial charge in [-0.05, 0) is 24.1 Å². The summed E-state index contributed by atoms with van der Waals surface area (Å²) >= 11 is 11.6. The summed E-state index contributed by atoms with van der Waals surface area (Å²) < 4.78 is 0. The Morgan fingerprint density at radius 3 is 2.56 bits per heavy atom. The van der Waals surface area contributed by atoms with Crippen LogP contribution < -0.4 is 0 Å². The van der Waals surface area contributed by atoms with Crippen molar-refractivity contribution in [3.63, 3.8) is 0 Å². The molecule has 0 radical (unpaired) electrons. The van der Waals surface area contributed by atoms with Gasteiger partial charge < -0.3 is 9.90 Å². The monoisotopic (exact) mass is 258 g/mol. The van der Waals surface area contributed by atoms with Gasteiger partial charge in [0, 0.05) is 5.92 Å². The maximum atomic E-state index is 11.2. The molecule has 0 bridgehead atoms. The number of hydrogen-bond acceptors (Lipinski definition) is 2. The average molecular weight is 259 g/mol. The van der Waals surface area contributed by atoms with Gasteiger partial charge in [0.15, 0.2) is 0 Å². The zero-order chi connectivity index (χ0) is 11.9. The largest absolute Gasteiger partial charge is 0.481 e. The van der Waals surface area contributed by atoms with Crippen LogP contribution in [0.4, 0.5) is 0 Å². The predicted molar refractivity (Wildman–Crippen MR) is 59.9 cm³/mol. The minimum Gasteiger partial charge on any atom is -0.481 e. The van der Waals surface area contributed by atoms with E-state index in [0.717, 1.165) is 0 Å². The Labute approximate surface area is 102 Å². The van der Waals surface area contributed by atoms with Crippen LogP contribution in [-0.4, -0.2) is 17.4 Å². The quantitative estimate of drug-likeness (QED) is 0.848. The third-order valence-electron chi connectivity index (χ3n) is 3.00. The van der Waals surface area contributed by atoms with Crippen LogP contribution in [-0.2, 0) is 15.0 Å². The molecule has 0 aliphatic heterocycles. The van der Waals surface area contributed by atoms with Gasteiger partial charge in [0.25, 0.3) is 0 Å². The summed E-state index contributed by atoms with van der Waals surface area (Å²) in [6.45, 7) is 0. The van der Waals surface area contributed by atoms with Gasteiger partial charge in [-0.15, -0.1) is 0 Å². The second kappa shape index (κ2) is 3.75. The van der Waals surface area contributed by atoms with Gasteiger partial charge in [0.05, 0.1) is 10.0 Å². The molecule has 1 aromatic rings. The maximum Gasteiger partial charge on any atom is 0.314 e. The standard InChI is InChI=1S/C11H8Cl2O3/c12-8-2-1-6(3-9(8)13)11(10(15)16)4-7(11)5-14/h1-3,5,7H,4H2,(H,15,16)/t7-,11+/m0/s1. The predicted octanol–water partition coefficient (Wildman–Crippen LogP) is 2.53. The van der Waals surface area contributed by atoms with E-state index in [9.17, 15) is 14.7 Å². The van der Waals surface area contributed by atoms with Gasteiger partial charge in [-0.2, -0.15) is 0 Å². The second-order valence-corrected chi connectivity index (χ2v) is 4.67. The fourth-order valence-corrected chi connectivity index (χ4v) is 2.23. The number of hydrogen-bond donors (Lipinski definition) is 1. The molecule has 0 amide bonds. The molecule has 1 fully saturated rings. The van der Waals surface area contributed by atoms with Gasteiger partial charge in [0.1, 0.15) is 11.7 Å². The molecule has 0 saturated heterocycles. The van der Waals surface area contributed by atoms with E-state index in [-0.39, 0.29) is 0 Å². The van der Waals surface area contributed by atoms with Crippen molar-refractivity contribution in [2.75, 3.05) is 0 Å². The lowest BCUT2D eigenvalue weighted by Gasteiger charge is -2.11. The van der Waals surface area contributed by atoms with Crippen LogP contribution in [0.2, 0.25) is 10.0 Å². The van der Waals surface area contributed by atoms with Crippen molar-refractivity contribution in [3.05, 3.63) is 33.8 Å². The zero-order valence-electron chi connectivity index (χ0n) is 8.11. The number of halogens is 2. The highest BCUT2D eigenvalue weighted by Gasteiger charge is 2.61. The highest BCUT2D eigenvalue weighted by Crippen LogP contribution is 2.54. The number of carboxylic acids is 1. The van der Waals surface area contributed by atoms with E-state index in [1.807, 2.05) is 0 Å². The number of carbonyl (C=O) groups excluding carboxylic acids is 1. The molecule has 0 spiro atoms. The summed E-state index contributed by atoms with van der Waals surface area (Å²) in [7, 11) is 0. The lowest BCUT2D eigenvalue weighted by atomic mass is 9.94. The third-order valence-corrected chi connectivity index (χ3v) is 3.73. The Bertz CT molecular complexity index is 472. The SMILES string of the molecule is O=C[C@@H]1C[C@@]1(C(=O)O)c1ccc(Cl)c(Cl)c1. The van der Waals surface area contributed by atoms with Crippen molar-refractivity contribution in [2.24, 2.45) is 5.92 Å². The molecular weight excluding hydrogens is 251 g/mol. The van der Waals surface area contributed by atoms with Crippen LogP contribution in [0.15, 0.2) is 18.2 Å². The third kappa shape index (κ3) is 1.51. The molecule has 0 aromatic heterocycles. The topological polar surface area (TPSA) is 54.4 Å². The normalized spacial score (nSPS) is 27.5. The second-order valence-electron chi connectivity index (χ2n) is 3.85. The molecule has 1 aromatic carbocycles. The Morgan fingerprint density at radius 2 is 2.12 bits per heavy atom. The molecule has 1 aliphatic carbocycles. The van der Waals surface area contributed by atoms with Crippen LogP contribution in [0.25, 0.3) is 0 Å². The molecule has 5 heteroatoms. The van der Waals surface area contributed by atoms with Crippen molar-refractivity contribution >= 4 is 35.5 Å². The van der Waals surface area contributed by atoms with Crippen LogP contribution in [0, 0.1) is 5.92 Å². The van der Waals surface area contributed by atoms with E-state index >= 15 is 0 Å². The van der Waals surface area contributed by atoms with E-state index in [0.29, 0.717) is 28.3 Å². The molecule has 2 rings (SSSR count). The van der Waals surface area contributed by atoms with Gasteiger partial charge >= 0.3 is 5.97 Å². The summed E-state index contributed by atoms with van der Waals surface area (Å²) in [5, 5.41) is 9.86. The smallest absolute Gasteiger partial charge is 0.314 e. The van der Waals surface area contributed by atoms with E-state index in [2.05, 4.69) is 0 Å². The van der Waals surface area contributed by atoms with Crippen molar-refractivity contribution in [1.29, 1.82) is 0 Å². The highest BCUT2D eigenvalue weighted by atomic mass is 35.5. The number of carbonyl (C=O) groups is 2. The zero-order valence-corrected chi connectivity index (χ0v) is 9.63. The van der Waals surface area contributed by atoms with Crippen molar-refractivity contribution in [3.8, 4) is 0 Å². The molecule has 0 heterocycles. The van der Waals surface area contributed by atoms with Crippen molar-refractivity contribution in [1.82, 2.24) is 0 Å². The van der Waals surface area contributed by atoms with Gasteiger partial charge in [-0.3, -0.25) is 4.79 Å². The molecule has 16 heavy (non-hydrogen) atoms. The maximum absolute atomic E-state index is 11.2. The number of aldehydes is 1. The number of carboxylic acid groups (broad SMARTS) is 1. The first-order valence-electron chi connectivity index (χ1n) is 4.66. The molecule has 1 N–H and O–H groups in total. The van der Waals surface area contributed by atoms with E-state index in [4.69, 9.17) is 23.2 Å². The Kier molecular flexibility index (Phi) is 2.68. The molecule has 1 aliphatic rings. The fourth-order valence-electron chi connectivity index (χ4n) is 1.93. The van der Waals surface area contributed by atoms with Crippen LogP contribution >= 0.6 is 23.2 Å². The van der Waals surface area contributed by atoms with E-state index < -0.39 is 17.3 Å². The van der Waals surface area contributed by atoms with Crippen molar-refractivity contribution in [2.45, 2.75) is 11.8 Å². The van der Waals surface area contributed by atoms with Crippen LogP contribution in [0.1, 0.15) is 12.0 Å². The fraction of sp³-hybridized carbons (Fsp3) is 0.273. The highest BCUT2D eigenvalue weighted by molar-refractivity contribution is 6.42. The van der Waals surface area contributed by atoms with E-state index in [1.165, 1.54) is 6.07 Å². The first kappa shape index (κ1) is 11.4. The van der Waals surface area contributed by atoms with Gasteiger partial charge in [-0.25, -0.2) is 0 Å². The summed E-state index contributed by atoms with van der Waals surface area (Å²) in [5.74, 6) is -1.47. The van der Waals surface area contributed by atoms with Gasteiger partial charge in [-0.1, -0.05) is 29.3 Å².